The fourth-order valence-electron chi connectivity index (χ4n) is 2.20. The van der Waals surface area contributed by atoms with Crippen LogP contribution in [0.1, 0.15) is 16.7 Å². The van der Waals surface area contributed by atoms with Gasteiger partial charge < -0.3 is 9.47 Å². The Balaban J connectivity index is 1.90. The number of hydrazone groups is 1. The van der Waals surface area contributed by atoms with Crippen LogP contribution >= 0.6 is 31.9 Å². The van der Waals surface area contributed by atoms with Crippen molar-refractivity contribution in [1.29, 1.82) is 0 Å². The maximum atomic E-state index is 11.9. The van der Waals surface area contributed by atoms with Gasteiger partial charge in [-0.3, -0.25) is 4.79 Å². The number of halogens is 2. The molecule has 0 saturated heterocycles. The molecule has 0 fully saturated rings. The molecular weight excluding hydrogens is 452 g/mol. The summed E-state index contributed by atoms with van der Waals surface area (Å²) >= 11 is 6.85. The van der Waals surface area contributed by atoms with Gasteiger partial charge in [0.2, 0.25) is 0 Å². The first-order valence-electron chi connectivity index (χ1n) is 7.45. The van der Waals surface area contributed by atoms with Crippen LogP contribution in [0.15, 0.2) is 44.4 Å². The Morgan fingerprint density at radius 1 is 1.20 bits per heavy atom. The van der Waals surface area contributed by atoms with E-state index in [1.807, 2.05) is 44.2 Å². The molecule has 0 unspecified atom stereocenters. The molecule has 2 aromatic rings. The van der Waals surface area contributed by atoms with Gasteiger partial charge in [0.25, 0.3) is 5.91 Å². The molecule has 1 amide bonds. The highest BCUT2D eigenvalue weighted by atomic mass is 79.9. The van der Waals surface area contributed by atoms with E-state index in [1.165, 1.54) is 0 Å². The van der Waals surface area contributed by atoms with E-state index in [-0.39, 0.29) is 12.5 Å². The lowest BCUT2D eigenvalue weighted by Crippen LogP contribution is -2.24. The van der Waals surface area contributed by atoms with Crippen molar-refractivity contribution in [2.45, 2.75) is 13.8 Å². The van der Waals surface area contributed by atoms with Crippen molar-refractivity contribution in [3.8, 4) is 11.5 Å². The molecule has 0 heterocycles. The molecule has 0 saturated carbocycles. The predicted molar refractivity (Wildman–Crippen MR) is 106 cm³/mol. The summed E-state index contributed by atoms with van der Waals surface area (Å²) in [5, 5.41) is 3.93. The zero-order valence-corrected chi connectivity index (χ0v) is 17.3. The van der Waals surface area contributed by atoms with E-state index >= 15 is 0 Å². The Bertz CT molecular complexity index is 784. The van der Waals surface area contributed by atoms with Crippen molar-refractivity contribution in [2.24, 2.45) is 5.10 Å². The number of hydrogen-bond donors (Lipinski definition) is 1. The summed E-state index contributed by atoms with van der Waals surface area (Å²) in [4.78, 5) is 11.9. The van der Waals surface area contributed by atoms with Gasteiger partial charge in [-0.05, 0) is 86.7 Å². The average Bonchev–Trinajstić information content (AvgIpc) is 2.54. The number of amides is 1. The van der Waals surface area contributed by atoms with E-state index < -0.39 is 0 Å². The summed E-state index contributed by atoms with van der Waals surface area (Å²) in [6.07, 6.45) is 1.55. The maximum Gasteiger partial charge on any atom is 0.277 e. The Morgan fingerprint density at radius 2 is 1.96 bits per heavy atom. The van der Waals surface area contributed by atoms with E-state index in [4.69, 9.17) is 9.47 Å². The van der Waals surface area contributed by atoms with Crippen molar-refractivity contribution in [3.05, 3.63) is 56.0 Å². The van der Waals surface area contributed by atoms with Crippen LogP contribution in [0.3, 0.4) is 0 Å². The number of nitrogens with one attached hydrogen (secondary N) is 1. The summed E-state index contributed by atoms with van der Waals surface area (Å²) in [6.45, 7) is 3.82. The van der Waals surface area contributed by atoms with Gasteiger partial charge in [0.05, 0.1) is 22.3 Å². The van der Waals surface area contributed by atoms with Gasteiger partial charge in [0.15, 0.2) is 6.61 Å². The number of carbonyl (C=O) groups excluding carboxylic acids is 1. The first kappa shape index (κ1) is 19.5. The van der Waals surface area contributed by atoms with Gasteiger partial charge >= 0.3 is 0 Å². The van der Waals surface area contributed by atoms with Gasteiger partial charge in [0, 0.05) is 0 Å². The monoisotopic (exact) mass is 468 g/mol. The van der Waals surface area contributed by atoms with Crippen LogP contribution < -0.4 is 14.9 Å². The smallest absolute Gasteiger partial charge is 0.277 e. The van der Waals surface area contributed by atoms with Crippen LogP contribution in [-0.2, 0) is 4.79 Å². The van der Waals surface area contributed by atoms with Crippen LogP contribution in [0.25, 0.3) is 0 Å². The Kier molecular flexibility index (Phi) is 7.01. The second-order valence-corrected chi connectivity index (χ2v) is 7.08. The first-order chi connectivity index (χ1) is 11.9. The Hall–Kier alpha value is -1.86. The summed E-state index contributed by atoms with van der Waals surface area (Å²) in [6, 6.07) is 9.44. The fourth-order valence-corrected chi connectivity index (χ4v) is 3.54. The molecule has 0 spiro atoms. The second kappa shape index (κ2) is 9.01. The summed E-state index contributed by atoms with van der Waals surface area (Å²) < 4.78 is 12.4. The molecule has 132 valence electrons. The third-order valence-corrected chi connectivity index (χ3v) is 4.51. The molecule has 2 rings (SSSR count). The third kappa shape index (κ3) is 5.57. The van der Waals surface area contributed by atoms with Crippen molar-refractivity contribution >= 4 is 44.0 Å². The second-order valence-electron chi connectivity index (χ2n) is 5.37. The minimum atomic E-state index is -0.337. The molecule has 1 N–H and O–H groups in total. The van der Waals surface area contributed by atoms with Crippen molar-refractivity contribution < 1.29 is 14.3 Å². The molecule has 0 bridgehead atoms. The van der Waals surface area contributed by atoms with E-state index in [1.54, 1.807) is 13.3 Å². The van der Waals surface area contributed by atoms with Gasteiger partial charge in [-0.2, -0.15) is 5.10 Å². The minimum absolute atomic E-state index is 0.119. The number of rotatable bonds is 6. The molecule has 7 heteroatoms. The van der Waals surface area contributed by atoms with Crippen molar-refractivity contribution in [3.63, 3.8) is 0 Å². The normalized spacial score (nSPS) is 10.8. The van der Waals surface area contributed by atoms with E-state index in [0.29, 0.717) is 5.75 Å². The topological polar surface area (TPSA) is 59.9 Å². The summed E-state index contributed by atoms with van der Waals surface area (Å²) in [5.41, 5.74) is 5.35. The number of hydrogen-bond acceptors (Lipinski definition) is 4. The number of aryl methyl sites for hydroxylation is 2. The molecular formula is C18H18Br2N2O3. The highest BCUT2D eigenvalue weighted by Crippen LogP contribution is 2.30. The highest BCUT2D eigenvalue weighted by molar-refractivity contribution is 9.10. The zero-order chi connectivity index (χ0) is 18.4. The molecule has 0 atom stereocenters. The van der Waals surface area contributed by atoms with Crippen LogP contribution in [0, 0.1) is 13.8 Å². The lowest BCUT2D eigenvalue weighted by Gasteiger charge is -2.11. The molecule has 25 heavy (non-hydrogen) atoms. The zero-order valence-electron chi connectivity index (χ0n) is 14.1. The highest BCUT2D eigenvalue weighted by Gasteiger charge is 2.09. The molecule has 2 aromatic carbocycles. The van der Waals surface area contributed by atoms with Gasteiger partial charge in [-0.15, -0.1) is 0 Å². The molecule has 0 aliphatic rings. The Labute approximate surface area is 163 Å². The molecule has 0 aliphatic heterocycles. The summed E-state index contributed by atoms with van der Waals surface area (Å²) in [7, 11) is 1.60. The van der Waals surface area contributed by atoms with E-state index in [0.717, 1.165) is 31.4 Å². The van der Waals surface area contributed by atoms with E-state index in [2.05, 4.69) is 42.4 Å². The minimum Gasteiger partial charge on any atom is -0.496 e. The Morgan fingerprint density at radius 3 is 2.60 bits per heavy atom. The van der Waals surface area contributed by atoms with Gasteiger partial charge in [-0.1, -0.05) is 6.07 Å². The maximum absolute atomic E-state index is 11.9. The molecule has 5 nitrogen and oxygen atoms in total. The molecule has 0 aromatic heterocycles. The van der Waals surface area contributed by atoms with Crippen LogP contribution in [0.4, 0.5) is 0 Å². The SMILES string of the molecule is COc1ccc(/C=N\NC(=O)COc2c(C)cc(C)cc2Br)cc1Br. The lowest BCUT2D eigenvalue weighted by atomic mass is 10.1. The summed E-state index contributed by atoms with van der Waals surface area (Å²) in [5.74, 6) is 1.05. The van der Waals surface area contributed by atoms with Crippen LogP contribution in [-0.4, -0.2) is 25.8 Å². The number of ether oxygens (including phenoxy) is 2. The van der Waals surface area contributed by atoms with Gasteiger partial charge in [0.1, 0.15) is 11.5 Å². The number of benzene rings is 2. The fraction of sp³-hybridized carbons (Fsp3) is 0.222. The van der Waals surface area contributed by atoms with Gasteiger partial charge in [-0.25, -0.2) is 5.43 Å². The first-order valence-corrected chi connectivity index (χ1v) is 9.04. The quantitative estimate of drug-likeness (QED) is 0.504. The number of nitrogens with zero attached hydrogens (tertiary/aromatic N) is 1. The standard InChI is InChI=1S/C18H18Br2N2O3/c1-11-6-12(2)18(15(20)7-11)25-10-17(23)22-21-9-13-4-5-16(24-3)14(19)8-13/h4-9H,10H2,1-3H3,(H,22,23)/b21-9-. The number of carbonyl (C=O) groups is 1. The molecule has 0 aliphatic carbocycles. The van der Waals surface area contributed by atoms with E-state index in [9.17, 15) is 4.79 Å². The van der Waals surface area contributed by atoms with Crippen molar-refractivity contribution in [1.82, 2.24) is 5.43 Å². The van der Waals surface area contributed by atoms with Crippen LogP contribution in [0.5, 0.6) is 11.5 Å². The predicted octanol–water partition coefficient (Wildman–Crippen LogP) is 4.37. The largest absolute Gasteiger partial charge is 0.496 e. The molecule has 0 radical (unpaired) electrons. The third-order valence-electron chi connectivity index (χ3n) is 3.30. The lowest BCUT2D eigenvalue weighted by molar-refractivity contribution is -0.123. The average molecular weight is 470 g/mol. The van der Waals surface area contributed by atoms with Crippen molar-refractivity contribution in [2.75, 3.05) is 13.7 Å². The number of methoxy groups -OCH3 is 1. The van der Waals surface area contributed by atoms with Crippen LogP contribution in [0.2, 0.25) is 0 Å².